The molecule has 0 saturated carbocycles. The van der Waals surface area contributed by atoms with E-state index in [2.05, 4.69) is 15.6 Å². The highest BCUT2D eigenvalue weighted by molar-refractivity contribution is 7.89. The van der Waals surface area contributed by atoms with Crippen molar-refractivity contribution in [2.24, 2.45) is 5.73 Å². The SMILES string of the molecule is CC(C)(C)OC(=O)[C@H](CCCCN)NC(=O)[C@@H](Cc1c[nH]c2ccccc12)NC(=O)N1CCN(S(=O)(=O)c2ccccc2)CC1. The first-order valence-corrected chi connectivity index (χ1v) is 16.7. The molecule has 3 amide bonds. The van der Waals surface area contributed by atoms with Gasteiger partial charge in [0.1, 0.15) is 17.7 Å². The molecule has 0 radical (unpaired) electrons. The second kappa shape index (κ2) is 14.9. The number of aromatic nitrogens is 1. The third kappa shape index (κ3) is 9.05. The van der Waals surface area contributed by atoms with Gasteiger partial charge in [0.25, 0.3) is 0 Å². The minimum Gasteiger partial charge on any atom is -0.458 e. The predicted molar refractivity (Wildman–Crippen MR) is 172 cm³/mol. The van der Waals surface area contributed by atoms with E-state index in [1.807, 2.05) is 24.3 Å². The minimum atomic E-state index is -3.69. The molecule has 0 unspecified atom stereocenters. The number of hydrogen-bond acceptors (Lipinski definition) is 7. The number of unbranched alkanes of at least 4 members (excludes halogenated alkanes) is 1. The zero-order valence-electron chi connectivity index (χ0n) is 26.1. The van der Waals surface area contributed by atoms with Crippen LogP contribution in [-0.2, 0) is 30.8 Å². The number of nitrogens with zero attached hydrogens (tertiary/aromatic N) is 2. The summed E-state index contributed by atoms with van der Waals surface area (Å²) in [5.41, 5.74) is 6.62. The normalized spacial score (nSPS) is 15.8. The van der Waals surface area contributed by atoms with Gasteiger partial charge in [-0.3, -0.25) is 4.79 Å². The number of urea groups is 1. The van der Waals surface area contributed by atoms with E-state index < -0.39 is 45.6 Å². The van der Waals surface area contributed by atoms with E-state index in [1.165, 1.54) is 9.21 Å². The van der Waals surface area contributed by atoms with E-state index >= 15 is 0 Å². The molecule has 1 aliphatic rings. The summed E-state index contributed by atoms with van der Waals surface area (Å²) in [6, 6.07) is 13.4. The maximum Gasteiger partial charge on any atom is 0.329 e. The molecule has 244 valence electrons. The monoisotopic (exact) mass is 640 g/mol. The van der Waals surface area contributed by atoms with Gasteiger partial charge in [-0.05, 0) is 70.3 Å². The average Bonchev–Trinajstić information content (AvgIpc) is 3.42. The number of para-hydroxylation sites is 1. The zero-order chi connectivity index (χ0) is 32.6. The van der Waals surface area contributed by atoms with Crippen LogP contribution in [0.4, 0.5) is 4.79 Å². The van der Waals surface area contributed by atoms with E-state index in [0.717, 1.165) is 16.5 Å². The van der Waals surface area contributed by atoms with Gasteiger partial charge in [-0.1, -0.05) is 36.4 Å². The van der Waals surface area contributed by atoms with Crippen molar-refractivity contribution in [3.63, 3.8) is 0 Å². The number of ether oxygens (including phenoxy) is 1. The molecule has 13 heteroatoms. The molecule has 1 aliphatic heterocycles. The molecular weight excluding hydrogens is 596 g/mol. The van der Waals surface area contributed by atoms with Crippen LogP contribution in [0.3, 0.4) is 0 Å². The van der Waals surface area contributed by atoms with Gasteiger partial charge in [-0.15, -0.1) is 0 Å². The third-order valence-electron chi connectivity index (χ3n) is 7.57. The Morgan fingerprint density at radius 3 is 2.27 bits per heavy atom. The van der Waals surface area contributed by atoms with Crippen molar-refractivity contribution in [2.75, 3.05) is 32.7 Å². The number of aromatic amines is 1. The maximum atomic E-state index is 13.8. The first-order chi connectivity index (χ1) is 21.4. The van der Waals surface area contributed by atoms with E-state index in [1.54, 1.807) is 57.3 Å². The molecule has 3 aromatic rings. The van der Waals surface area contributed by atoms with Gasteiger partial charge in [-0.2, -0.15) is 4.31 Å². The molecule has 0 aliphatic carbocycles. The van der Waals surface area contributed by atoms with Gasteiger partial charge in [0, 0.05) is 49.7 Å². The Balaban J connectivity index is 1.50. The van der Waals surface area contributed by atoms with Gasteiger partial charge < -0.3 is 31.0 Å². The summed E-state index contributed by atoms with van der Waals surface area (Å²) in [5.74, 6) is -1.08. The average molecular weight is 641 g/mol. The lowest BCUT2D eigenvalue weighted by molar-refractivity contribution is -0.159. The molecule has 1 fully saturated rings. The topological polar surface area (TPSA) is 167 Å². The lowest BCUT2D eigenvalue weighted by atomic mass is 10.0. The highest BCUT2D eigenvalue weighted by Gasteiger charge is 2.34. The minimum absolute atomic E-state index is 0.117. The molecule has 0 bridgehead atoms. The van der Waals surface area contributed by atoms with Crippen molar-refractivity contribution in [3.8, 4) is 0 Å². The summed E-state index contributed by atoms with van der Waals surface area (Å²) in [4.78, 5) is 45.3. The van der Waals surface area contributed by atoms with E-state index in [4.69, 9.17) is 10.5 Å². The number of fused-ring (bicyclic) bond motifs is 1. The van der Waals surface area contributed by atoms with Crippen molar-refractivity contribution in [3.05, 3.63) is 66.4 Å². The largest absolute Gasteiger partial charge is 0.458 e. The molecular formula is C32H44N6O6S. The number of esters is 1. The Morgan fingerprint density at radius 2 is 1.60 bits per heavy atom. The van der Waals surface area contributed by atoms with E-state index in [9.17, 15) is 22.8 Å². The summed E-state index contributed by atoms with van der Waals surface area (Å²) in [6.07, 6.45) is 3.58. The lowest BCUT2D eigenvalue weighted by Crippen LogP contribution is -2.58. The highest BCUT2D eigenvalue weighted by atomic mass is 32.2. The van der Waals surface area contributed by atoms with Crippen LogP contribution >= 0.6 is 0 Å². The Kier molecular flexibility index (Phi) is 11.2. The molecule has 0 spiro atoms. The van der Waals surface area contributed by atoms with Crippen molar-refractivity contribution in [2.45, 2.75) is 69.0 Å². The quantitative estimate of drug-likeness (QED) is 0.174. The number of benzene rings is 2. The third-order valence-corrected chi connectivity index (χ3v) is 9.49. The summed E-state index contributed by atoms with van der Waals surface area (Å²) < 4.78 is 33.1. The van der Waals surface area contributed by atoms with E-state index in [0.29, 0.717) is 25.8 Å². The van der Waals surface area contributed by atoms with Gasteiger partial charge >= 0.3 is 12.0 Å². The van der Waals surface area contributed by atoms with Crippen LogP contribution in [0.1, 0.15) is 45.6 Å². The number of H-pyrrole nitrogens is 1. The molecule has 2 atom stereocenters. The Morgan fingerprint density at radius 1 is 0.933 bits per heavy atom. The Labute approximate surface area is 264 Å². The fraction of sp³-hybridized carbons (Fsp3) is 0.469. The van der Waals surface area contributed by atoms with Crippen LogP contribution in [0, 0.1) is 0 Å². The van der Waals surface area contributed by atoms with Crippen LogP contribution in [0.5, 0.6) is 0 Å². The molecule has 2 aromatic carbocycles. The number of carbonyl (C=O) groups is 3. The second-order valence-electron chi connectivity index (χ2n) is 12.1. The standard InChI is InChI=1S/C32H44N6O6S/c1-32(2,3)44-30(40)27(15-9-10-16-33)35-29(39)28(21-23-22-34-26-14-8-7-13-25(23)26)36-31(41)37-17-19-38(20-18-37)45(42,43)24-11-5-4-6-12-24/h4-8,11-14,22,27-28,34H,9-10,15-21,33H2,1-3H3,(H,35,39)(H,36,41)/t27-,28+/m0/s1. The van der Waals surface area contributed by atoms with Crippen LogP contribution in [0.25, 0.3) is 10.9 Å². The second-order valence-corrected chi connectivity index (χ2v) is 14.1. The Bertz CT molecular complexity index is 1560. The van der Waals surface area contributed by atoms with Crippen molar-refractivity contribution >= 4 is 38.8 Å². The van der Waals surface area contributed by atoms with Gasteiger partial charge in [0.15, 0.2) is 0 Å². The lowest BCUT2D eigenvalue weighted by Gasteiger charge is -2.35. The molecule has 12 nitrogen and oxygen atoms in total. The predicted octanol–water partition coefficient (Wildman–Crippen LogP) is 2.75. The number of nitrogens with two attached hydrogens (primary N) is 1. The highest BCUT2D eigenvalue weighted by Crippen LogP contribution is 2.21. The van der Waals surface area contributed by atoms with Crippen LogP contribution in [0.2, 0.25) is 0 Å². The zero-order valence-corrected chi connectivity index (χ0v) is 26.9. The maximum absolute atomic E-state index is 13.8. The molecule has 45 heavy (non-hydrogen) atoms. The number of sulfonamides is 1. The van der Waals surface area contributed by atoms with Crippen molar-refractivity contribution < 1.29 is 27.5 Å². The number of amides is 3. The number of rotatable bonds is 12. The van der Waals surface area contributed by atoms with E-state index in [-0.39, 0.29) is 37.5 Å². The fourth-order valence-electron chi connectivity index (χ4n) is 5.23. The van der Waals surface area contributed by atoms with Crippen LogP contribution in [-0.4, -0.2) is 90.9 Å². The number of hydrogen-bond donors (Lipinski definition) is 4. The van der Waals surface area contributed by atoms with Crippen molar-refractivity contribution in [1.29, 1.82) is 0 Å². The summed E-state index contributed by atoms with van der Waals surface area (Å²) >= 11 is 0. The smallest absolute Gasteiger partial charge is 0.329 e. The van der Waals surface area contributed by atoms with Gasteiger partial charge in [-0.25, -0.2) is 18.0 Å². The first kappa shape index (κ1) is 33.9. The van der Waals surface area contributed by atoms with Crippen LogP contribution in [0.15, 0.2) is 65.7 Å². The molecule has 2 heterocycles. The van der Waals surface area contributed by atoms with Crippen molar-refractivity contribution in [1.82, 2.24) is 24.8 Å². The number of carbonyl (C=O) groups excluding carboxylic acids is 3. The summed E-state index contributed by atoms with van der Waals surface area (Å²) in [5, 5.41) is 6.60. The first-order valence-electron chi connectivity index (χ1n) is 15.3. The Hall–Kier alpha value is -3.94. The summed E-state index contributed by atoms with van der Waals surface area (Å²) in [7, 11) is -3.69. The fourth-order valence-corrected chi connectivity index (χ4v) is 6.67. The summed E-state index contributed by atoms with van der Waals surface area (Å²) in [6.45, 7) is 6.27. The molecule has 1 saturated heterocycles. The molecule has 5 N–H and O–H groups in total. The number of piperazine rings is 1. The molecule has 1 aromatic heterocycles. The van der Waals surface area contributed by atoms with Gasteiger partial charge in [0.05, 0.1) is 4.90 Å². The molecule has 4 rings (SSSR count). The van der Waals surface area contributed by atoms with Gasteiger partial charge in [0.2, 0.25) is 15.9 Å². The van der Waals surface area contributed by atoms with Crippen LogP contribution < -0.4 is 16.4 Å². The number of nitrogens with one attached hydrogen (secondary N) is 3.